The lowest BCUT2D eigenvalue weighted by Crippen LogP contribution is -1.99. The van der Waals surface area contributed by atoms with Crippen LogP contribution < -0.4 is 0 Å². The SMILES string of the molecule is O=C1OC(=C(Br)Br)C=C1CCF. The Bertz CT molecular complexity index is 267. The Balaban J connectivity index is 2.82. The van der Waals surface area contributed by atoms with Gasteiger partial charge in [0.15, 0.2) is 5.76 Å². The Labute approximate surface area is 85.7 Å². The number of rotatable bonds is 2. The van der Waals surface area contributed by atoms with E-state index in [4.69, 9.17) is 4.74 Å². The van der Waals surface area contributed by atoms with Crippen LogP contribution in [0.3, 0.4) is 0 Å². The molecule has 0 aliphatic carbocycles. The molecule has 0 aromatic heterocycles. The summed E-state index contributed by atoms with van der Waals surface area (Å²) >= 11 is 6.18. The second-order valence-electron chi connectivity index (χ2n) is 2.12. The standard InChI is InChI=1S/C7H5Br2FO2/c8-6(9)5-3-4(1-2-10)7(11)12-5/h3H,1-2H2. The van der Waals surface area contributed by atoms with Crippen LogP contribution in [0.1, 0.15) is 6.42 Å². The third-order valence-corrected chi connectivity index (χ3v) is 2.10. The number of halogens is 3. The fourth-order valence-corrected chi connectivity index (χ4v) is 1.17. The second-order valence-corrected chi connectivity index (χ2v) is 4.77. The first-order valence-electron chi connectivity index (χ1n) is 3.19. The summed E-state index contributed by atoms with van der Waals surface area (Å²) in [5.74, 6) is -0.0810. The third-order valence-electron chi connectivity index (χ3n) is 1.32. The maximum atomic E-state index is 11.9. The van der Waals surface area contributed by atoms with Crippen molar-refractivity contribution in [1.82, 2.24) is 0 Å². The van der Waals surface area contributed by atoms with E-state index in [9.17, 15) is 9.18 Å². The molecule has 0 N–H and O–H groups in total. The van der Waals surface area contributed by atoms with E-state index in [-0.39, 0.29) is 6.42 Å². The van der Waals surface area contributed by atoms with Gasteiger partial charge in [-0.2, -0.15) is 0 Å². The first-order valence-corrected chi connectivity index (χ1v) is 4.77. The smallest absolute Gasteiger partial charge is 0.339 e. The lowest BCUT2D eigenvalue weighted by molar-refractivity contribution is -0.133. The maximum absolute atomic E-state index is 11.9. The van der Waals surface area contributed by atoms with Crippen molar-refractivity contribution >= 4 is 37.8 Å². The van der Waals surface area contributed by atoms with E-state index in [2.05, 4.69) is 31.9 Å². The average Bonchev–Trinajstić information content (AvgIpc) is 2.34. The van der Waals surface area contributed by atoms with Gasteiger partial charge in [0.05, 0.1) is 6.67 Å². The number of ether oxygens (including phenoxy) is 1. The van der Waals surface area contributed by atoms with Gasteiger partial charge in [-0.05, 0) is 37.9 Å². The number of carbonyl (C=O) groups excluding carboxylic acids is 1. The summed E-state index contributed by atoms with van der Waals surface area (Å²) in [6.07, 6.45) is 1.62. The number of carbonyl (C=O) groups is 1. The highest BCUT2D eigenvalue weighted by atomic mass is 79.9. The van der Waals surface area contributed by atoms with Crippen LogP contribution in [0.15, 0.2) is 20.8 Å². The maximum Gasteiger partial charge on any atom is 0.339 e. The van der Waals surface area contributed by atoms with Gasteiger partial charge in [-0.3, -0.25) is 4.39 Å². The summed E-state index contributed by atoms with van der Waals surface area (Å²) in [4.78, 5) is 10.9. The molecule has 1 rings (SSSR count). The number of allylic oxidation sites excluding steroid dienone is 1. The van der Waals surface area contributed by atoms with Crippen LogP contribution in [0.2, 0.25) is 0 Å². The van der Waals surface area contributed by atoms with Crippen molar-refractivity contribution in [3.63, 3.8) is 0 Å². The van der Waals surface area contributed by atoms with Gasteiger partial charge in [0.2, 0.25) is 0 Å². The van der Waals surface area contributed by atoms with Crippen LogP contribution in [0, 0.1) is 0 Å². The number of hydrogen-bond donors (Lipinski definition) is 0. The van der Waals surface area contributed by atoms with Gasteiger partial charge < -0.3 is 4.74 Å². The first-order chi connectivity index (χ1) is 5.65. The van der Waals surface area contributed by atoms with Crippen LogP contribution in [-0.4, -0.2) is 12.6 Å². The highest BCUT2D eigenvalue weighted by Gasteiger charge is 2.21. The van der Waals surface area contributed by atoms with Crippen molar-refractivity contribution in [1.29, 1.82) is 0 Å². The molecule has 66 valence electrons. The van der Waals surface area contributed by atoms with Gasteiger partial charge in [-0.15, -0.1) is 0 Å². The van der Waals surface area contributed by atoms with Crippen molar-refractivity contribution in [2.45, 2.75) is 6.42 Å². The van der Waals surface area contributed by atoms with E-state index in [1.807, 2.05) is 0 Å². The van der Waals surface area contributed by atoms with Gasteiger partial charge in [0.25, 0.3) is 0 Å². The highest BCUT2D eigenvalue weighted by Crippen LogP contribution is 2.28. The zero-order valence-corrected chi connectivity index (χ0v) is 9.11. The molecular weight excluding hydrogens is 295 g/mol. The van der Waals surface area contributed by atoms with E-state index < -0.39 is 12.6 Å². The molecule has 1 heterocycles. The van der Waals surface area contributed by atoms with Crippen LogP contribution >= 0.6 is 31.9 Å². The minimum Gasteiger partial charge on any atom is -0.421 e. The molecule has 0 atom stereocenters. The van der Waals surface area contributed by atoms with Crippen molar-refractivity contribution in [2.24, 2.45) is 0 Å². The molecular formula is C7H5Br2FO2. The molecule has 1 aliphatic rings. The fraction of sp³-hybridized carbons (Fsp3) is 0.286. The zero-order valence-electron chi connectivity index (χ0n) is 5.94. The second kappa shape index (κ2) is 4.18. The fourth-order valence-electron chi connectivity index (χ4n) is 0.781. The number of hydrogen-bond acceptors (Lipinski definition) is 2. The van der Waals surface area contributed by atoms with Gasteiger partial charge in [-0.1, -0.05) is 0 Å². The van der Waals surface area contributed by atoms with Crippen LogP contribution in [0.4, 0.5) is 4.39 Å². The van der Waals surface area contributed by atoms with E-state index in [1.165, 1.54) is 6.08 Å². The molecule has 0 radical (unpaired) electrons. The van der Waals surface area contributed by atoms with Gasteiger partial charge in [0.1, 0.15) is 3.39 Å². The molecule has 0 saturated heterocycles. The molecule has 0 amide bonds. The summed E-state index contributed by atoms with van der Waals surface area (Å²) < 4.78 is 17.2. The predicted molar refractivity (Wildman–Crippen MR) is 49.6 cm³/mol. The van der Waals surface area contributed by atoms with Crippen LogP contribution in [0.25, 0.3) is 0 Å². The quantitative estimate of drug-likeness (QED) is 0.733. The number of esters is 1. The summed E-state index contributed by atoms with van der Waals surface area (Å²) in [7, 11) is 0. The summed E-state index contributed by atoms with van der Waals surface area (Å²) in [5.41, 5.74) is 0.365. The van der Waals surface area contributed by atoms with Gasteiger partial charge in [-0.25, -0.2) is 4.79 Å². The van der Waals surface area contributed by atoms with Crippen molar-refractivity contribution < 1.29 is 13.9 Å². The lowest BCUT2D eigenvalue weighted by atomic mass is 10.2. The molecule has 12 heavy (non-hydrogen) atoms. The lowest BCUT2D eigenvalue weighted by Gasteiger charge is -1.94. The molecule has 0 spiro atoms. The average molecular weight is 300 g/mol. The Morgan fingerprint density at radius 1 is 1.58 bits per heavy atom. The number of alkyl halides is 1. The molecule has 0 aromatic rings. The monoisotopic (exact) mass is 298 g/mol. The zero-order chi connectivity index (χ0) is 9.14. The van der Waals surface area contributed by atoms with Gasteiger partial charge >= 0.3 is 5.97 Å². The molecule has 0 bridgehead atoms. The summed E-state index contributed by atoms with van der Waals surface area (Å²) in [6.45, 7) is -0.548. The minimum atomic E-state index is -0.548. The largest absolute Gasteiger partial charge is 0.421 e. The summed E-state index contributed by atoms with van der Waals surface area (Å²) in [5, 5.41) is 0. The highest BCUT2D eigenvalue weighted by molar-refractivity contribution is 9.28. The Kier molecular flexibility index (Phi) is 3.46. The van der Waals surface area contributed by atoms with E-state index in [0.29, 0.717) is 14.7 Å². The van der Waals surface area contributed by atoms with E-state index in [0.717, 1.165) is 0 Å². The Hall–Kier alpha value is -0.160. The Morgan fingerprint density at radius 3 is 2.67 bits per heavy atom. The summed E-state index contributed by atoms with van der Waals surface area (Å²) in [6, 6.07) is 0. The van der Waals surface area contributed by atoms with Crippen LogP contribution in [0.5, 0.6) is 0 Å². The van der Waals surface area contributed by atoms with Crippen molar-refractivity contribution in [2.75, 3.05) is 6.67 Å². The van der Waals surface area contributed by atoms with E-state index >= 15 is 0 Å². The van der Waals surface area contributed by atoms with Crippen molar-refractivity contribution in [3.8, 4) is 0 Å². The Morgan fingerprint density at radius 2 is 2.25 bits per heavy atom. The first kappa shape index (κ1) is 9.92. The number of cyclic esters (lactones) is 1. The molecule has 0 unspecified atom stereocenters. The molecule has 0 aromatic carbocycles. The topological polar surface area (TPSA) is 26.3 Å². The van der Waals surface area contributed by atoms with Crippen molar-refractivity contribution in [3.05, 3.63) is 20.8 Å². The molecule has 1 aliphatic heterocycles. The molecule has 0 fully saturated rings. The molecule has 5 heteroatoms. The normalized spacial score (nSPS) is 16.1. The third kappa shape index (κ3) is 2.17. The minimum absolute atomic E-state index is 0.107. The van der Waals surface area contributed by atoms with Crippen LogP contribution in [-0.2, 0) is 9.53 Å². The van der Waals surface area contributed by atoms with Gasteiger partial charge in [0, 0.05) is 12.0 Å². The molecule has 2 nitrogen and oxygen atoms in total. The van der Waals surface area contributed by atoms with E-state index in [1.54, 1.807) is 0 Å². The predicted octanol–water partition coefficient (Wildman–Crippen LogP) is 2.79. The molecule has 0 saturated carbocycles.